The molecule has 70 valence electrons. The van der Waals surface area contributed by atoms with Crippen molar-refractivity contribution >= 4 is 11.8 Å². The SMILES string of the molecule is COCCNCC1NC=C(C)S1. The highest BCUT2D eigenvalue weighted by Gasteiger charge is 2.12. The molecule has 1 heterocycles. The number of thioether (sulfide) groups is 1. The topological polar surface area (TPSA) is 33.3 Å². The first-order chi connectivity index (χ1) is 5.83. The summed E-state index contributed by atoms with van der Waals surface area (Å²) in [5.41, 5.74) is 0. The molecular weight excluding hydrogens is 172 g/mol. The van der Waals surface area contributed by atoms with Gasteiger partial charge in [-0.1, -0.05) is 0 Å². The molecule has 2 N–H and O–H groups in total. The molecule has 1 atom stereocenters. The third-order valence-corrected chi connectivity index (χ3v) is 2.69. The van der Waals surface area contributed by atoms with Gasteiger partial charge in [0.1, 0.15) is 0 Å². The maximum Gasteiger partial charge on any atom is 0.0887 e. The highest BCUT2D eigenvalue weighted by Crippen LogP contribution is 2.23. The van der Waals surface area contributed by atoms with Gasteiger partial charge in [-0.3, -0.25) is 0 Å². The lowest BCUT2D eigenvalue weighted by atomic mass is 10.5. The fourth-order valence-corrected chi connectivity index (χ4v) is 1.93. The first-order valence-corrected chi connectivity index (χ1v) is 5.00. The summed E-state index contributed by atoms with van der Waals surface area (Å²) in [6.45, 7) is 4.81. The first kappa shape index (κ1) is 9.89. The van der Waals surface area contributed by atoms with Crippen LogP contribution < -0.4 is 10.6 Å². The second-order valence-corrected chi connectivity index (χ2v) is 4.17. The van der Waals surface area contributed by atoms with E-state index in [1.165, 1.54) is 4.91 Å². The minimum Gasteiger partial charge on any atom is -0.383 e. The molecule has 1 rings (SSSR count). The first-order valence-electron chi connectivity index (χ1n) is 4.12. The summed E-state index contributed by atoms with van der Waals surface area (Å²) in [5, 5.41) is 7.09. The summed E-state index contributed by atoms with van der Waals surface area (Å²) in [6.07, 6.45) is 2.06. The van der Waals surface area contributed by atoms with E-state index in [-0.39, 0.29) is 0 Å². The molecule has 4 heteroatoms. The van der Waals surface area contributed by atoms with Gasteiger partial charge in [0.2, 0.25) is 0 Å². The molecule has 0 saturated carbocycles. The number of ether oxygens (including phenoxy) is 1. The molecule has 1 aliphatic heterocycles. The minimum absolute atomic E-state index is 0.502. The van der Waals surface area contributed by atoms with Crippen LogP contribution in [0.1, 0.15) is 6.92 Å². The van der Waals surface area contributed by atoms with Crippen LogP contribution >= 0.6 is 11.8 Å². The summed E-state index contributed by atoms with van der Waals surface area (Å²) in [6, 6.07) is 0. The average Bonchev–Trinajstić information content (AvgIpc) is 2.45. The van der Waals surface area contributed by atoms with Gasteiger partial charge >= 0.3 is 0 Å². The monoisotopic (exact) mass is 188 g/mol. The van der Waals surface area contributed by atoms with E-state index in [1.807, 2.05) is 11.8 Å². The third kappa shape index (κ3) is 3.47. The van der Waals surface area contributed by atoms with Crippen LogP contribution in [0.3, 0.4) is 0 Å². The van der Waals surface area contributed by atoms with Gasteiger partial charge in [-0.15, -0.1) is 11.8 Å². The Morgan fingerprint density at radius 3 is 3.17 bits per heavy atom. The van der Waals surface area contributed by atoms with Gasteiger partial charge in [-0.05, 0) is 11.8 Å². The molecule has 0 aliphatic carbocycles. The molecule has 12 heavy (non-hydrogen) atoms. The summed E-state index contributed by atoms with van der Waals surface area (Å²) in [7, 11) is 1.72. The van der Waals surface area contributed by atoms with E-state index in [0.29, 0.717) is 5.37 Å². The highest BCUT2D eigenvalue weighted by molar-refractivity contribution is 8.03. The molecule has 1 aliphatic rings. The second kappa shape index (κ2) is 5.45. The Morgan fingerprint density at radius 1 is 1.75 bits per heavy atom. The van der Waals surface area contributed by atoms with Crippen LogP contribution in [0.5, 0.6) is 0 Å². The van der Waals surface area contributed by atoms with E-state index in [2.05, 4.69) is 23.8 Å². The predicted octanol–water partition coefficient (Wildman–Crippen LogP) is 0.746. The normalized spacial score (nSPS) is 22.2. The van der Waals surface area contributed by atoms with Crippen molar-refractivity contribution in [1.29, 1.82) is 0 Å². The van der Waals surface area contributed by atoms with Crippen LogP contribution in [0.25, 0.3) is 0 Å². The van der Waals surface area contributed by atoms with Gasteiger partial charge < -0.3 is 15.4 Å². The Morgan fingerprint density at radius 2 is 2.58 bits per heavy atom. The minimum atomic E-state index is 0.502. The van der Waals surface area contributed by atoms with E-state index < -0.39 is 0 Å². The van der Waals surface area contributed by atoms with Gasteiger partial charge in [0.25, 0.3) is 0 Å². The van der Waals surface area contributed by atoms with Crippen molar-refractivity contribution in [3.05, 3.63) is 11.1 Å². The average molecular weight is 188 g/mol. The summed E-state index contributed by atoms with van der Waals surface area (Å²) in [5.74, 6) is 0. The van der Waals surface area contributed by atoms with Crippen molar-refractivity contribution in [3.63, 3.8) is 0 Å². The van der Waals surface area contributed by atoms with Crippen molar-refractivity contribution < 1.29 is 4.74 Å². The number of allylic oxidation sites excluding steroid dienone is 1. The molecule has 0 spiro atoms. The van der Waals surface area contributed by atoms with Crippen LogP contribution in [-0.2, 0) is 4.74 Å². The predicted molar refractivity (Wildman–Crippen MR) is 53.0 cm³/mol. The van der Waals surface area contributed by atoms with Crippen molar-refractivity contribution in [2.45, 2.75) is 12.3 Å². The van der Waals surface area contributed by atoms with Gasteiger partial charge in [-0.2, -0.15) is 0 Å². The molecule has 0 aromatic rings. The Kier molecular flexibility index (Phi) is 4.50. The lowest BCUT2D eigenvalue weighted by molar-refractivity contribution is 0.199. The zero-order valence-corrected chi connectivity index (χ0v) is 8.41. The quantitative estimate of drug-likeness (QED) is 0.624. The van der Waals surface area contributed by atoms with Gasteiger partial charge in [0.05, 0.1) is 12.0 Å². The molecule has 0 fully saturated rings. The van der Waals surface area contributed by atoms with Crippen LogP contribution in [0.2, 0.25) is 0 Å². The molecule has 0 saturated heterocycles. The fourth-order valence-electron chi connectivity index (χ4n) is 1.01. The second-order valence-electron chi connectivity index (χ2n) is 2.73. The number of hydrogen-bond donors (Lipinski definition) is 2. The zero-order chi connectivity index (χ0) is 8.81. The Labute approximate surface area is 77.9 Å². The Balaban J connectivity index is 1.95. The molecular formula is C8H16N2OS. The maximum atomic E-state index is 4.92. The van der Waals surface area contributed by atoms with Crippen molar-refractivity contribution in [2.75, 3.05) is 26.8 Å². The molecule has 0 aromatic carbocycles. The van der Waals surface area contributed by atoms with Gasteiger partial charge in [0, 0.05) is 26.4 Å². The maximum absolute atomic E-state index is 4.92. The Hall–Kier alpha value is -0.190. The van der Waals surface area contributed by atoms with Crippen LogP contribution in [-0.4, -0.2) is 32.2 Å². The summed E-state index contributed by atoms with van der Waals surface area (Å²) < 4.78 is 4.92. The van der Waals surface area contributed by atoms with Crippen molar-refractivity contribution in [3.8, 4) is 0 Å². The largest absolute Gasteiger partial charge is 0.383 e. The van der Waals surface area contributed by atoms with E-state index in [0.717, 1.165) is 19.7 Å². The van der Waals surface area contributed by atoms with Crippen molar-refractivity contribution in [2.24, 2.45) is 0 Å². The van der Waals surface area contributed by atoms with E-state index >= 15 is 0 Å². The Bertz CT molecular complexity index is 161. The van der Waals surface area contributed by atoms with Crippen LogP contribution in [0.4, 0.5) is 0 Å². The molecule has 3 nitrogen and oxygen atoms in total. The van der Waals surface area contributed by atoms with Crippen LogP contribution in [0, 0.1) is 0 Å². The number of rotatable bonds is 5. The number of methoxy groups -OCH3 is 1. The standard InChI is InChI=1S/C8H16N2OS/c1-7-5-10-8(12-7)6-9-3-4-11-2/h5,8-10H,3-4,6H2,1-2H3. The number of nitrogens with one attached hydrogen (secondary N) is 2. The third-order valence-electron chi connectivity index (χ3n) is 1.61. The summed E-state index contributed by atoms with van der Waals surface area (Å²) in [4.78, 5) is 1.36. The van der Waals surface area contributed by atoms with E-state index in [1.54, 1.807) is 7.11 Å². The molecule has 0 bridgehead atoms. The van der Waals surface area contributed by atoms with E-state index in [9.17, 15) is 0 Å². The molecule has 0 aromatic heterocycles. The van der Waals surface area contributed by atoms with Crippen LogP contribution in [0.15, 0.2) is 11.1 Å². The van der Waals surface area contributed by atoms with Gasteiger partial charge in [-0.25, -0.2) is 0 Å². The van der Waals surface area contributed by atoms with Crippen molar-refractivity contribution in [1.82, 2.24) is 10.6 Å². The van der Waals surface area contributed by atoms with Gasteiger partial charge in [0.15, 0.2) is 0 Å². The highest BCUT2D eigenvalue weighted by atomic mass is 32.2. The number of hydrogen-bond acceptors (Lipinski definition) is 4. The molecule has 0 radical (unpaired) electrons. The van der Waals surface area contributed by atoms with E-state index in [4.69, 9.17) is 4.74 Å². The lowest BCUT2D eigenvalue weighted by Gasteiger charge is -2.11. The fraction of sp³-hybridized carbons (Fsp3) is 0.750. The smallest absolute Gasteiger partial charge is 0.0887 e. The molecule has 1 unspecified atom stereocenters. The zero-order valence-electron chi connectivity index (χ0n) is 7.59. The molecule has 0 amide bonds. The summed E-state index contributed by atoms with van der Waals surface area (Å²) >= 11 is 1.87. The lowest BCUT2D eigenvalue weighted by Crippen LogP contribution is -2.32.